The Hall–Kier alpha value is -0.200. The summed E-state index contributed by atoms with van der Waals surface area (Å²) >= 11 is 0. The summed E-state index contributed by atoms with van der Waals surface area (Å²) in [4.78, 5) is 0. The van der Waals surface area contributed by atoms with Crippen LogP contribution in [0.1, 0.15) is 27.7 Å². The number of hydrogen-bond acceptors (Lipinski definition) is 5. The monoisotopic (exact) mass is 232 g/mol. The van der Waals surface area contributed by atoms with Gasteiger partial charge in [0.2, 0.25) is 0 Å². The lowest BCUT2D eigenvalue weighted by Crippen LogP contribution is -2.52. The van der Waals surface area contributed by atoms with Crippen LogP contribution in [0.4, 0.5) is 0 Å². The van der Waals surface area contributed by atoms with Gasteiger partial charge in [-0.1, -0.05) is 13.8 Å². The molecule has 0 aromatic heterocycles. The van der Waals surface area contributed by atoms with Gasteiger partial charge in [-0.3, -0.25) is 0 Å². The van der Waals surface area contributed by atoms with Crippen LogP contribution in [0, 0.1) is 5.41 Å². The van der Waals surface area contributed by atoms with Crippen molar-refractivity contribution in [2.75, 3.05) is 13.2 Å². The molecule has 0 bridgehead atoms. The van der Waals surface area contributed by atoms with Crippen molar-refractivity contribution >= 4 is 0 Å². The van der Waals surface area contributed by atoms with Gasteiger partial charge in [-0.25, -0.2) is 0 Å². The van der Waals surface area contributed by atoms with E-state index in [2.05, 4.69) is 0 Å². The van der Waals surface area contributed by atoms with Gasteiger partial charge in [0.15, 0.2) is 12.1 Å². The third-order valence-corrected chi connectivity index (χ3v) is 3.80. The molecule has 0 radical (unpaired) electrons. The molecule has 5 heteroatoms. The summed E-state index contributed by atoms with van der Waals surface area (Å²) in [6.07, 6.45) is -0.800. The SMILES string of the molecule is CC1(C)O[C@H]2OC(CO)(CO)C(C)(C)[C@H]2O1. The first-order valence-corrected chi connectivity index (χ1v) is 5.53. The lowest BCUT2D eigenvalue weighted by molar-refractivity contribution is -0.256. The lowest BCUT2D eigenvalue weighted by Gasteiger charge is -2.39. The van der Waals surface area contributed by atoms with Crippen LogP contribution in [0.15, 0.2) is 0 Å². The number of aliphatic hydroxyl groups is 2. The number of hydrogen-bond donors (Lipinski definition) is 2. The van der Waals surface area contributed by atoms with E-state index >= 15 is 0 Å². The molecule has 0 saturated carbocycles. The third-order valence-electron chi connectivity index (χ3n) is 3.80. The molecule has 0 aromatic carbocycles. The van der Waals surface area contributed by atoms with E-state index in [-0.39, 0.29) is 19.3 Å². The maximum absolute atomic E-state index is 9.44. The first-order chi connectivity index (χ1) is 7.28. The zero-order chi connectivity index (χ0) is 12.2. The zero-order valence-corrected chi connectivity index (χ0v) is 10.2. The Morgan fingerprint density at radius 3 is 1.94 bits per heavy atom. The second-order valence-electron chi connectivity index (χ2n) is 5.57. The van der Waals surface area contributed by atoms with E-state index < -0.39 is 23.1 Å². The van der Waals surface area contributed by atoms with Gasteiger partial charge in [-0.15, -0.1) is 0 Å². The van der Waals surface area contributed by atoms with Gasteiger partial charge in [-0.2, -0.15) is 0 Å². The highest BCUT2D eigenvalue weighted by Gasteiger charge is 2.65. The standard InChI is InChI=1S/C11H20O5/c1-9(2)7-8(15-10(3,4)14-7)16-11(9,5-12)6-13/h7-8,12-13H,5-6H2,1-4H3/t7-,8-/m0/s1. The molecule has 0 aliphatic carbocycles. The topological polar surface area (TPSA) is 68.2 Å². The summed E-state index contributed by atoms with van der Waals surface area (Å²) < 4.78 is 17.1. The Kier molecular flexibility index (Phi) is 2.60. The molecule has 0 spiro atoms. The van der Waals surface area contributed by atoms with Crippen LogP contribution in [-0.4, -0.2) is 47.2 Å². The summed E-state index contributed by atoms with van der Waals surface area (Å²) in [7, 11) is 0. The molecule has 0 amide bonds. The van der Waals surface area contributed by atoms with Crippen molar-refractivity contribution in [2.45, 2.75) is 51.5 Å². The van der Waals surface area contributed by atoms with Gasteiger partial charge >= 0.3 is 0 Å². The second kappa shape index (κ2) is 3.40. The number of ether oxygens (including phenoxy) is 3. The number of rotatable bonds is 2. The molecule has 5 nitrogen and oxygen atoms in total. The molecule has 2 aliphatic rings. The van der Waals surface area contributed by atoms with Crippen LogP contribution in [0.25, 0.3) is 0 Å². The summed E-state index contributed by atoms with van der Waals surface area (Å²) in [5.41, 5.74) is -1.51. The van der Waals surface area contributed by atoms with Gasteiger partial charge in [0.1, 0.15) is 11.7 Å². The van der Waals surface area contributed by atoms with E-state index in [0.717, 1.165) is 0 Å². The van der Waals surface area contributed by atoms with Crippen LogP contribution in [0.5, 0.6) is 0 Å². The molecule has 2 N–H and O–H groups in total. The van der Waals surface area contributed by atoms with Gasteiger partial charge in [0, 0.05) is 5.41 Å². The molecule has 0 unspecified atom stereocenters. The fourth-order valence-electron chi connectivity index (χ4n) is 2.47. The minimum absolute atomic E-state index is 0.253. The van der Waals surface area contributed by atoms with Crippen molar-refractivity contribution in [1.82, 2.24) is 0 Å². The molecular formula is C11H20O5. The van der Waals surface area contributed by atoms with Crippen molar-refractivity contribution in [2.24, 2.45) is 5.41 Å². The van der Waals surface area contributed by atoms with Crippen LogP contribution in [-0.2, 0) is 14.2 Å². The number of fused-ring (bicyclic) bond motifs is 1. The highest BCUT2D eigenvalue weighted by molar-refractivity contribution is 5.08. The van der Waals surface area contributed by atoms with Crippen LogP contribution >= 0.6 is 0 Å². The highest BCUT2D eigenvalue weighted by Crippen LogP contribution is 2.52. The summed E-state index contributed by atoms with van der Waals surface area (Å²) in [6.45, 7) is 6.96. The van der Waals surface area contributed by atoms with Crippen molar-refractivity contribution < 1.29 is 24.4 Å². The Morgan fingerprint density at radius 1 is 0.938 bits per heavy atom. The minimum atomic E-state index is -1.00. The normalized spacial score (nSPS) is 38.6. The predicted octanol–water partition coefficient (Wildman–Crippen LogP) is 0.244. The van der Waals surface area contributed by atoms with E-state index in [1.807, 2.05) is 27.7 Å². The Balaban J connectivity index is 2.29. The third kappa shape index (κ3) is 1.43. The minimum Gasteiger partial charge on any atom is -0.393 e. The molecule has 2 fully saturated rings. The molecule has 0 aromatic rings. The first-order valence-electron chi connectivity index (χ1n) is 5.53. The molecule has 2 aliphatic heterocycles. The van der Waals surface area contributed by atoms with Gasteiger partial charge in [0.05, 0.1) is 13.2 Å². The zero-order valence-electron chi connectivity index (χ0n) is 10.2. The molecule has 2 saturated heterocycles. The fourth-order valence-corrected chi connectivity index (χ4v) is 2.47. The van der Waals surface area contributed by atoms with Crippen LogP contribution in [0.2, 0.25) is 0 Å². The summed E-state index contributed by atoms with van der Waals surface area (Å²) in [5.74, 6) is -0.677. The Labute approximate surface area is 95.3 Å². The molecule has 2 atom stereocenters. The summed E-state index contributed by atoms with van der Waals surface area (Å²) in [5, 5.41) is 18.9. The van der Waals surface area contributed by atoms with E-state index in [1.165, 1.54) is 0 Å². The Bertz CT molecular complexity index is 282. The van der Waals surface area contributed by atoms with Crippen molar-refractivity contribution in [3.05, 3.63) is 0 Å². The molecule has 94 valence electrons. The fraction of sp³-hybridized carbons (Fsp3) is 1.00. The maximum Gasteiger partial charge on any atom is 0.188 e. The predicted molar refractivity (Wildman–Crippen MR) is 55.6 cm³/mol. The van der Waals surface area contributed by atoms with Crippen LogP contribution < -0.4 is 0 Å². The van der Waals surface area contributed by atoms with E-state index in [0.29, 0.717) is 0 Å². The smallest absolute Gasteiger partial charge is 0.188 e. The van der Waals surface area contributed by atoms with Crippen LogP contribution in [0.3, 0.4) is 0 Å². The van der Waals surface area contributed by atoms with Crippen molar-refractivity contribution in [1.29, 1.82) is 0 Å². The molecule has 2 rings (SSSR count). The highest BCUT2D eigenvalue weighted by atomic mass is 16.8. The maximum atomic E-state index is 9.44. The lowest BCUT2D eigenvalue weighted by atomic mass is 9.73. The van der Waals surface area contributed by atoms with Crippen molar-refractivity contribution in [3.63, 3.8) is 0 Å². The average molecular weight is 232 g/mol. The van der Waals surface area contributed by atoms with E-state index in [4.69, 9.17) is 14.2 Å². The van der Waals surface area contributed by atoms with Gasteiger partial charge < -0.3 is 24.4 Å². The molecule has 16 heavy (non-hydrogen) atoms. The first kappa shape index (κ1) is 12.3. The molecule has 2 heterocycles. The Morgan fingerprint density at radius 2 is 1.50 bits per heavy atom. The number of aliphatic hydroxyl groups excluding tert-OH is 2. The summed E-state index contributed by atoms with van der Waals surface area (Å²) in [6, 6.07) is 0. The molecular weight excluding hydrogens is 212 g/mol. The van der Waals surface area contributed by atoms with Gasteiger partial charge in [-0.05, 0) is 13.8 Å². The quantitative estimate of drug-likeness (QED) is 0.714. The van der Waals surface area contributed by atoms with E-state index in [1.54, 1.807) is 0 Å². The van der Waals surface area contributed by atoms with Gasteiger partial charge in [0.25, 0.3) is 0 Å². The van der Waals surface area contributed by atoms with Crippen molar-refractivity contribution in [3.8, 4) is 0 Å². The largest absolute Gasteiger partial charge is 0.393 e. The average Bonchev–Trinajstić information content (AvgIpc) is 2.58. The second-order valence-corrected chi connectivity index (χ2v) is 5.57. The van der Waals surface area contributed by atoms with E-state index in [9.17, 15) is 10.2 Å².